The van der Waals surface area contributed by atoms with Gasteiger partial charge >= 0.3 is 0 Å². The topological polar surface area (TPSA) is 104 Å². The molecular formula is C14H18N4O2. The van der Waals surface area contributed by atoms with Gasteiger partial charge in [0, 0.05) is 0 Å². The zero-order chi connectivity index (χ0) is 14.5. The van der Waals surface area contributed by atoms with Gasteiger partial charge in [-0.15, -0.1) is 0 Å². The number of aliphatic hydroxyl groups is 1. The summed E-state index contributed by atoms with van der Waals surface area (Å²) in [6.45, 7) is 1.59. The first-order valence-corrected chi connectivity index (χ1v) is 6.38. The normalized spacial score (nSPS) is 12.1. The Morgan fingerprint density at radius 3 is 2.70 bits per heavy atom. The van der Waals surface area contributed by atoms with Crippen LogP contribution in [0.1, 0.15) is 21.7 Å². The van der Waals surface area contributed by atoms with E-state index in [1.165, 1.54) is 0 Å². The molecule has 0 aliphatic rings. The number of anilines is 1. The second kappa shape index (κ2) is 6.21. The van der Waals surface area contributed by atoms with E-state index >= 15 is 0 Å². The molecule has 0 spiro atoms. The molecule has 1 amide bonds. The molecule has 0 saturated heterocycles. The van der Waals surface area contributed by atoms with Crippen molar-refractivity contribution in [3.63, 3.8) is 0 Å². The first-order valence-electron chi connectivity index (χ1n) is 6.38. The summed E-state index contributed by atoms with van der Waals surface area (Å²) in [6, 6.07) is 9.27. The summed E-state index contributed by atoms with van der Waals surface area (Å²) in [5.41, 5.74) is 7.94. The molecule has 106 valence electrons. The van der Waals surface area contributed by atoms with Crippen LogP contribution >= 0.6 is 0 Å². The first-order chi connectivity index (χ1) is 9.61. The number of carbonyl (C=O) groups excluding carboxylic acids is 1. The van der Waals surface area contributed by atoms with Crippen LogP contribution in [-0.4, -0.2) is 33.9 Å². The molecule has 6 heteroatoms. The van der Waals surface area contributed by atoms with Gasteiger partial charge in [-0.1, -0.05) is 30.3 Å². The summed E-state index contributed by atoms with van der Waals surface area (Å²) in [5, 5.41) is 18.6. The second-order valence-electron chi connectivity index (χ2n) is 4.65. The Labute approximate surface area is 117 Å². The Hall–Kier alpha value is -2.34. The molecule has 1 aromatic heterocycles. The van der Waals surface area contributed by atoms with Crippen molar-refractivity contribution in [3.05, 3.63) is 47.3 Å². The molecule has 6 nitrogen and oxygen atoms in total. The van der Waals surface area contributed by atoms with E-state index < -0.39 is 0 Å². The van der Waals surface area contributed by atoms with E-state index in [1.54, 1.807) is 6.92 Å². The number of nitrogens with zero attached hydrogens (tertiary/aromatic N) is 1. The van der Waals surface area contributed by atoms with E-state index in [0.717, 1.165) is 5.56 Å². The fourth-order valence-electron chi connectivity index (χ4n) is 1.92. The van der Waals surface area contributed by atoms with Gasteiger partial charge in [0.2, 0.25) is 0 Å². The summed E-state index contributed by atoms with van der Waals surface area (Å²) in [5.74, 6) is -0.387. The highest BCUT2D eigenvalue weighted by Gasteiger charge is 2.19. The van der Waals surface area contributed by atoms with E-state index in [9.17, 15) is 9.90 Å². The predicted molar refractivity (Wildman–Crippen MR) is 76.2 cm³/mol. The molecule has 1 aromatic carbocycles. The van der Waals surface area contributed by atoms with Crippen molar-refractivity contribution in [2.75, 3.05) is 12.3 Å². The lowest BCUT2D eigenvalue weighted by Gasteiger charge is -2.15. The summed E-state index contributed by atoms with van der Waals surface area (Å²) >= 11 is 0. The summed E-state index contributed by atoms with van der Waals surface area (Å²) in [7, 11) is 0. The molecule has 1 atom stereocenters. The third-order valence-electron chi connectivity index (χ3n) is 3.09. The van der Waals surface area contributed by atoms with Gasteiger partial charge in [-0.05, 0) is 18.9 Å². The van der Waals surface area contributed by atoms with Crippen molar-refractivity contribution in [1.82, 2.24) is 15.5 Å². The number of aliphatic hydroxyl groups excluding tert-OH is 1. The van der Waals surface area contributed by atoms with Crippen LogP contribution < -0.4 is 11.1 Å². The monoisotopic (exact) mass is 274 g/mol. The number of rotatable bonds is 5. The van der Waals surface area contributed by atoms with E-state index in [-0.39, 0.29) is 24.2 Å². The van der Waals surface area contributed by atoms with Crippen LogP contribution in [0.4, 0.5) is 5.69 Å². The van der Waals surface area contributed by atoms with E-state index in [2.05, 4.69) is 15.5 Å². The fourth-order valence-corrected chi connectivity index (χ4v) is 1.92. The van der Waals surface area contributed by atoms with Gasteiger partial charge in [0.05, 0.1) is 24.0 Å². The average Bonchev–Trinajstić information content (AvgIpc) is 2.79. The molecule has 0 aliphatic carbocycles. The molecule has 0 saturated carbocycles. The van der Waals surface area contributed by atoms with Gasteiger partial charge < -0.3 is 16.2 Å². The van der Waals surface area contributed by atoms with Gasteiger partial charge in [-0.2, -0.15) is 5.10 Å². The number of carbonyl (C=O) groups is 1. The molecular weight excluding hydrogens is 256 g/mol. The number of aromatic nitrogens is 2. The SMILES string of the molecule is Cc1[nH]nc(C(=O)N[C@H](CO)Cc2ccccc2)c1N. The van der Waals surface area contributed by atoms with Crippen LogP contribution in [-0.2, 0) is 6.42 Å². The van der Waals surface area contributed by atoms with Crippen LogP contribution in [0.2, 0.25) is 0 Å². The van der Waals surface area contributed by atoms with Crippen LogP contribution in [0.15, 0.2) is 30.3 Å². The number of aromatic amines is 1. The Balaban J connectivity index is 2.03. The summed E-state index contributed by atoms with van der Waals surface area (Å²) in [4.78, 5) is 12.1. The maximum atomic E-state index is 12.1. The smallest absolute Gasteiger partial charge is 0.274 e. The van der Waals surface area contributed by atoms with Gasteiger partial charge in [-0.25, -0.2) is 0 Å². The van der Waals surface area contributed by atoms with Crippen molar-refractivity contribution < 1.29 is 9.90 Å². The van der Waals surface area contributed by atoms with Gasteiger partial charge in [0.15, 0.2) is 5.69 Å². The molecule has 0 unspecified atom stereocenters. The number of aryl methyl sites for hydroxylation is 1. The first kappa shape index (κ1) is 14.1. The van der Waals surface area contributed by atoms with Crippen LogP contribution in [0.3, 0.4) is 0 Å². The molecule has 0 radical (unpaired) electrons. The quantitative estimate of drug-likeness (QED) is 0.642. The van der Waals surface area contributed by atoms with Crippen molar-refractivity contribution >= 4 is 11.6 Å². The number of nitrogen functional groups attached to an aromatic ring is 1. The molecule has 5 N–H and O–H groups in total. The Morgan fingerprint density at radius 1 is 1.45 bits per heavy atom. The number of amides is 1. The average molecular weight is 274 g/mol. The zero-order valence-electron chi connectivity index (χ0n) is 11.3. The fraction of sp³-hybridized carbons (Fsp3) is 0.286. The predicted octanol–water partition coefficient (Wildman–Crippen LogP) is 0.634. The molecule has 2 rings (SSSR count). The van der Waals surface area contributed by atoms with Crippen molar-refractivity contribution in [2.45, 2.75) is 19.4 Å². The number of benzene rings is 1. The molecule has 20 heavy (non-hydrogen) atoms. The highest BCUT2D eigenvalue weighted by Crippen LogP contribution is 2.12. The van der Waals surface area contributed by atoms with E-state index in [4.69, 9.17) is 5.73 Å². The molecule has 0 aliphatic heterocycles. The van der Waals surface area contributed by atoms with Crippen molar-refractivity contribution in [2.24, 2.45) is 0 Å². The minimum absolute atomic E-state index is 0.149. The molecule has 0 bridgehead atoms. The van der Waals surface area contributed by atoms with Gasteiger partial charge in [-0.3, -0.25) is 9.89 Å². The van der Waals surface area contributed by atoms with E-state index in [0.29, 0.717) is 17.8 Å². The third kappa shape index (κ3) is 3.16. The number of hydrogen-bond acceptors (Lipinski definition) is 4. The lowest BCUT2D eigenvalue weighted by molar-refractivity contribution is 0.0912. The minimum Gasteiger partial charge on any atom is -0.395 e. The second-order valence-corrected chi connectivity index (χ2v) is 4.65. The molecule has 1 heterocycles. The van der Waals surface area contributed by atoms with Crippen molar-refractivity contribution in [3.8, 4) is 0 Å². The van der Waals surface area contributed by atoms with Crippen LogP contribution in [0, 0.1) is 6.92 Å². The lowest BCUT2D eigenvalue weighted by atomic mass is 10.1. The molecule has 0 fully saturated rings. The Kier molecular flexibility index (Phi) is 4.37. The largest absolute Gasteiger partial charge is 0.395 e. The minimum atomic E-state index is -0.387. The van der Waals surface area contributed by atoms with Crippen LogP contribution in [0.5, 0.6) is 0 Å². The van der Waals surface area contributed by atoms with Crippen LogP contribution in [0.25, 0.3) is 0 Å². The maximum absolute atomic E-state index is 12.1. The Bertz CT molecular complexity index is 580. The zero-order valence-corrected chi connectivity index (χ0v) is 11.3. The van der Waals surface area contributed by atoms with Gasteiger partial charge in [0.1, 0.15) is 0 Å². The Morgan fingerprint density at radius 2 is 2.15 bits per heavy atom. The maximum Gasteiger partial charge on any atom is 0.274 e. The lowest BCUT2D eigenvalue weighted by Crippen LogP contribution is -2.39. The van der Waals surface area contributed by atoms with Gasteiger partial charge in [0.25, 0.3) is 5.91 Å². The molecule has 2 aromatic rings. The summed E-state index contributed by atoms with van der Waals surface area (Å²) in [6.07, 6.45) is 0.548. The number of nitrogens with two attached hydrogens (primary N) is 1. The van der Waals surface area contributed by atoms with Crippen molar-refractivity contribution in [1.29, 1.82) is 0 Å². The highest BCUT2D eigenvalue weighted by atomic mass is 16.3. The standard InChI is InChI=1S/C14H18N4O2/c1-9-12(15)13(18-17-9)14(20)16-11(8-19)7-10-5-3-2-4-6-10/h2-6,11,19H,7-8,15H2,1H3,(H,16,20)(H,17,18)/t11-/m0/s1. The third-order valence-corrected chi connectivity index (χ3v) is 3.09. The summed E-state index contributed by atoms with van der Waals surface area (Å²) < 4.78 is 0. The number of hydrogen-bond donors (Lipinski definition) is 4. The highest BCUT2D eigenvalue weighted by molar-refractivity contribution is 5.97. The number of H-pyrrole nitrogens is 1. The number of nitrogens with one attached hydrogen (secondary N) is 2. The van der Waals surface area contributed by atoms with E-state index in [1.807, 2.05) is 30.3 Å².